The molecule has 13 heavy (non-hydrogen) atoms. The Morgan fingerprint density at radius 2 is 1.69 bits per heavy atom. The maximum absolute atomic E-state index is 3.26. The monoisotopic (exact) mass is 202 g/mol. The van der Waals surface area contributed by atoms with Crippen LogP contribution in [-0.2, 0) is 0 Å². The van der Waals surface area contributed by atoms with Crippen molar-refractivity contribution in [2.75, 3.05) is 14.1 Å². The molecule has 80 valence electrons. The second-order valence-corrected chi connectivity index (χ2v) is 5.81. The van der Waals surface area contributed by atoms with Gasteiger partial charge in [0.05, 0.1) is 6.17 Å². The Hall–Kier alpha value is 0.137. The van der Waals surface area contributed by atoms with Crippen LogP contribution in [0, 0.1) is 0 Å². The van der Waals surface area contributed by atoms with Crippen molar-refractivity contribution >= 4 is 9.52 Å². The highest BCUT2D eigenvalue weighted by Crippen LogP contribution is 2.02. The molecule has 0 heterocycles. The van der Waals surface area contributed by atoms with Crippen LogP contribution in [0.25, 0.3) is 0 Å². The van der Waals surface area contributed by atoms with Crippen molar-refractivity contribution in [3.05, 3.63) is 0 Å². The first kappa shape index (κ1) is 13.1. The van der Waals surface area contributed by atoms with E-state index in [2.05, 4.69) is 17.6 Å². The molecule has 0 rings (SSSR count). The van der Waals surface area contributed by atoms with E-state index in [1.807, 2.05) is 14.1 Å². The van der Waals surface area contributed by atoms with Gasteiger partial charge in [0.2, 0.25) is 0 Å². The lowest BCUT2D eigenvalue weighted by Gasteiger charge is -2.14. The molecule has 0 saturated heterocycles. The first-order valence-corrected chi connectivity index (χ1v) is 7.69. The van der Waals surface area contributed by atoms with E-state index < -0.39 is 0 Å². The topological polar surface area (TPSA) is 24.1 Å². The highest BCUT2D eigenvalue weighted by atomic mass is 28.2. The van der Waals surface area contributed by atoms with Gasteiger partial charge in [-0.25, -0.2) is 0 Å². The van der Waals surface area contributed by atoms with E-state index in [0.717, 1.165) is 0 Å². The smallest absolute Gasteiger partial charge is 0.0566 e. The van der Waals surface area contributed by atoms with Crippen molar-refractivity contribution in [2.45, 2.75) is 50.9 Å². The standard InChI is InChI=1S/C10H26N2Si/c1-4-5-8-13-9-6-7-10(11-2)12-3/h10-12H,4-9,13H2,1-3H3. The molecular weight excluding hydrogens is 176 g/mol. The zero-order valence-corrected chi connectivity index (χ0v) is 10.9. The van der Waals surface area contributed by atoms with Crippen molar-refractivity contribution < 1.29 is 0 Å². The lowest BCUT2D eigenvalue weighted by molar-refractivity contribution is 0.458. The third-order valence-electron chi connectivity index (χ3n) is 2.54. The second-order valence-electron chi connectivity index (χ2n) is 3.69. The van der Waals surface area contributed by atoms with Gasteiger partial charge in [-0.15, -0.1) is 0 Å². The average Bonchev–Trinajstić information content (AvgIpc) is 2.17. The van der Waals surface area contributed by atoms with Crippen LogP contribution in [0.3, 0.4) is 0 Å². The van der Waals surface area contributed by atoms with Crippen LogP contribution in [0.15, 0.2) is 0 Å². The number of nitrogens with one attached hydrogen (secondary N) is 2. The van der Waals surface area contributed by atoms with E-state index >= 15 is 0 Å². The summed E-state index contributed by atoms with van der Waals surface area (Å²) < 4.78 is 0. The Morgan fingerprint density at radius 1 is 1.08 bits per heavy atom. The number of rotatable bonds is 9. The van der Waals surface area contributed by atoms with Crippen LogP contribution in [0.5, 0.6) is 0 Å². The minimum atomic E-state index is 0.286. The lowest BCUT2D eigenvalue weighted by Crippen LogP contribution is -2.37. The summed E-state index contributed by atoms with van der Waals surface area (Å²) >= 11 is 0. The zero-order valence-electron chi connectivity index (χ0n) is 9.53. The maximum atomic E-state index is 3.26. The predicted molar refractivity (Wildman–Crippen MR) is 64.2 cm³/mol. The largest absolute Gasteiger partial charge is 0.305 e. The summed E-state index contributed by atoms with van der Waals surface area (Å²) in [5, 5.41) is 6.52. The fourth-order valence-corrected chi connectivity index (χ4v) is 3.41. The van der Waals surface area contributed by atoms with Gasteiger partial charge in [-0.2, -0.15) is 0 Å². The fourth-order valence-electron chi connectivity index (χ4n) is 1.56. The third kappa shape index (κ3) is 8.47. The summed E-state index contributed by atoms with van der Waals surface area (Å²) in [6.07, 6.45) is 6.06. The molecule has 3 heteroatoms. The minimum absolute atomic E-state index is 0.286. The summed E-state index contributed by atoms with van der Waals surface area (Å²) in [7, 11) is 4.33. The molecule has 0 aliphatic carbocycles. The van der Waals surface area contributed by atoms with E-state index in [1.54, 1.807) is 6.04 Å². The Balaban J connectivity index is 3.05. The van der Waals surface area contributed by atoms with E-state index in [0.29, 0.717) is 6.17 Å². The summed E-state index contributed by atoms with van der Waals surface area (Å²) in [5.41, 5.74) is 0. The molecule has 2 nitrogen and oxygen atoms in total. The van der Waals surface area contributed by atoms with Crippen LogP contribution >= 0.6 is 0 Å². The molecule has 2 N–H and O–H groups in total. The number of hydrogen-bond acceptors (Lipinski definition) is 2. The Morgan fingerprint density at radius 3 is 2.23 bits per heavy atom. The zero-order chi connectivity index (χ0) is 9.94. The molecule has 0 atom stereocenters. The van der Waals surface area contributed by atoms with Crippen LogP contribution in [0.1, 0.15) is 32.6 Å². The number of unbranched alkanes of at least 4 members (excludes halogenated alkanes) is 1. The molecule has 0 spiro atoms. The molecule has 0 aliphatic rings. The second kappa shape index (κ2) is 10.2. The molecule has 0 bridgehead atoms. The van der Waals surface area contributed by atoms with Crippen molar-refractivity contribution in [1.82, 2.24) is 10.6 Å². The third-order valence-corrected chi connectivity index (χ3v) is 4.54. The highest BCUT2D eigenvalue weighted by molar-refractivity contribution is 6.35. The first-order chi connectivity index (χ1) is 6.35. The molecule has 0 radical (unpaired) electrons. The van der Waals surface area contributed by atoms with E-state index in [9.17, 15) is 0 Å². The number of hydrogen-bond donors (Lipinski definition) is 2. The average molecular weight is 202 g/mol. The van der Waals surface area contributed by atoms with Gasteiger partial charge >= 0.3 is 0 Å². The van der Waals surface area contributed by atoms with Gasteiger partial charge in [0.15, 0.2) is 0 Å². The van der Waals surface area contributed by atoms with Crippen molar-refractivity contribution in [3.63, 3.8) is 0 Å². The Bertz CT molecular complexity index is 94.9. The quantitative estimate of drug-likeness (QED) is 0.335. The van der Waals surface area contributed by atoms with E-state index in [4.69, 9.17) is 0 Å². The van der Waals surface area contributed by atoms with Crippen molar-refractivity contribution in [1.29, 1.82) is 0 Å². The fraction of sp³-hybridized carbons (Fsp3) is 1.00. The Kier molecular flexibility index (Phi) is 10.3. The molecule has 0 aromatic heterocycles. The van der Waals surface area contributed by atoms with Gasteiger partial charge in [0.25, 0.3) is 0 Å². The summed E-state index contributed by atoms with van der Waals surface area (Å²) in [5.74, 6) is 0. The Labute approximate surface area is 85.7 Å². The normalized spacial score (nSPS) is 12.0. The van der Waals surface area contributed by atoms with Gasteiger partial charge < -0.3 is 10.6 Å². The van der Waals surface area contributed by atoms with E-state index in [-0.39, 0.29) is 9.52 Å². The first-order valence-electron chi connectivity index (χ1n) is 5.69. The SMILES string of the molecule is CCCC[SiH2]CCCC(NC)NC. The molecule has 0 saturated carbocycles. The molecule has 0 amide bonds. The van der Waals surface area contributed by atoms with Crippen molar-refractivity contribution in [2.24, 2.45) is 0 Å². The van der Waals surface area contributed by atoms with Crippen molar-refractivity contribution in [3.8, 4) is 0 Å². The van der Waals surface area contributed by atoms with Crippen LogP contribution in [0.4, 0.5) is 0 Å². The molecular formula is C10H26N2Si. The molecule has 0 aromatic rings. The maximum Gasteiger partial charge on any atom is 0.0566 e. The highest BCUT2D eigenvalue weighted by Gasteiger charge is 2.00. The summed E-state index contributed by atoms with van der Waals surface area (Å²) in [4.78, 5) is 0. The van der Waals surface area contributed by atoms with Gasteiger partial charge in [-0.05, 0) is 20.5 Å². The van der Waals surface area contributed by atoms with Crippen LogP contribution < -0.4 is 10.6 Å². The van der Waals surface area contributed by atoms with Crippen LogP contribution in [0.2, 0.25) is 12.1 Å². The minimum Gasteiger partial charge on any atom is -0.305 e. The van der Waals surface area contributed by atoms with E-state index in [1.165, 1.54) is 31.7 Å². The summed E-state index contributed by atoms with van der Waals surface area (Å²) in [6, 6.07) is 3.08. The van der Waals surface area contributed by atoms with Gasteiger partial charge in [0, 0.05) is 9.52 Å². The molecule has 0 fully saturated rings. The lowest BCUT2D eigenvalue weighted by atomic mass is 10.3. The summed E-state index contributed by atoms with van der Waals surface area (Å²) in [6.45, 7) is 2.28. The van der Waals surface area contributed by atoms with Gasteiger partial charge in [-0.1, -0.05) is 38.3 Å². The molecule has 0 aromatic carbocycles. The van der Waals surface area contributed by atoms with Gasteiger partial charge in [-0.3, -0.25) is 0 Å². The van der Waals surface area contributed by atoms with Gasteiger partial charge in [0.1, 0.15) is 0 Å². The predicted octanol–water partition coefficient (Wildman–Crippen LogP) is 1.34. The van der Waals surface area contributed by atoms with Crippen LogP contribution in [-0.4, -0.2) is 29.8 Å². The molecule has 0 unspecified atom stereocenters. The molecule has 0 aliphatic heterocycles.